The third-order valence-electron chi connectivity index (χ3n) is 11.8. The van der Waals surface area contributed by atoms with Crippen LogP contribution in [-0.4, -0.2) is 19.3 Å². The van der Waals surface area contributed by atoms with Gasteiger partial charge in [-0.25, -0.2) is 4.98 Å². The number of nitrogens with zero attached hydrogens (tertiary/aromatic N) is 4. The molecule has 296 valence electrons. The number of benzene rings is 3. The number of fused-ring (bicyclic) bond motifs is 3. The van der Waals surface area contributed by atoms with Crippen LogP contribution in [0.25, 0.3) is 33.3 Å². The fraction of sp³-hybridized carbons (Fsp3) is 0.440. The topological polar surface area (TPSA) is 44.9 Å². The van der Waals surface area contributed by atoms with Crippen molar-refractivity contribution >= 4 is 21.8 Å². The Kier molecular flexibility index (Phi) is 11.7. The molecule has 3 heterocycles. The number of aromatic nitrogens is 4. The van der Waals surface area contributed by atoms with E-state index in [0.29, 0.717) is 23.3 Å². The number of hydrogen-bond acceptors (Lipinski definition) is 3. The fourth-order valence-electron chi connectivity index (χ4n) is 8.87. The SMILES string of the molecule is CCCCc1ccnc(-n2c3[c-]c(Oc4[c-]c(-n5nc(C)c(C6C(C(C)(C)C)=CCC[C@@H]6C(C)(C)C)c5C)cc(C(C)(C)C)c4)ccc3c3ccccc32)c1.[Pt+2]. The molecule has 1 aliphatic carbocycles. The predicted molar refractivity (Wildman–Crippen MR) is 229 cm³/mol. The van der Waals surface area contributed by atoms with E-state index in [1.165, 1.54) is 34.2 Å². The molecule has 0 bridgehead atoms. The molecule has 2 atom stereocenters. The summed E-state index contributed by atoms with van der Waals surface area (Å²) in [7, 11) is 0. The smallest absolute Gasteiger partial charge is 0.509 e. The number of rotatable bonds is 8. The van der Waals surface area contributed by atoms with Gasteiger partial charge in [0.2, 0.25) is 0 Å². The molecule has 3 aromatic heterocycles. The van der Waals surface area contributed by atoms with Crippen molar-refractivity contribution in [1.29, 1.82) is 0 Å². The molecule has 0 saturated heterocycles. The standard InChI is InChI=1S/C50H60N4O.Pt/c1-13-14-18-34-25-26-51-45(27-34)53-43-22-16-15-19-39(43)40-24-23-37(31-44(40)53)55-38-29-35(48(4,5)6)28-36(30-38)54-33(3)46(32(2)52-54)47-41(49(7,8)9)20-17-21-42(47)50(10,11)12;/h15-16,19-20,22-29,42,47H,13-14,17-18,21H2,1-12H3;/q-2;+2/t42-,47?;/m0./s1. The maximum Gasteiger partial charge on any atom is 2.00 e. The zero-order chi connectivity index (χ0) is 39.4. The van der Waals surface area contributed by atoms with Crippen molar-refractivity contribution < 1.29 is 25.8 Å². The van der Waals surface area contributed by atoms with Crippen LogP contribution in [0.15, 0.2) is 78.5 Å². The van der Waals surface area contributed by atoms with Crippen LogP contribution in [-0.2, 0) is 32.9 Å². The Morgan fingerprint density at radius 1 is 0.839 bits per heavy atom. The maximum atomic E-state index is 6.77. The van der Waals surface area contributed by atoms with Crippen molar-refractivity contribution in [3.63, 3.8) is 0 Å². The van der Waals surface area contributed by atoms with Gasteiger partial charge in [-0.3, -0.25) is 4.68 Å². The van der Waals surface area contributed by atoms with Crippen LogP contribution in [0.3, 0.4) is 0 Å². The molecule has 56 heavy (non-hydrogen) atoms. The van der Waals surface area contributed by atoms with Crippen molar-refractivity contribution in [2.75, 3.05) is 0 Å². The number of unbranched alkanes of at least 4 members (excludes halogenated alkanes) is 1. The molecule has 1 aliphatic rings. The number of pyridine rings is 1. The third-order valence-corrected chi connectivity index (χ3v) is 11.8. The molecule has 0 spiro atoms. The monoisotopic (exact) mass is 927 g/mol. The van der Waals surface area contributed by atoms with Gasteiger partial charge in [0.1, 0.15) is 5.82 Å². The quantitative estimate of drug-likeness (QED) is 0.113. The number of ether oxygens (including phenoxy) is 1. The predicted octanol–water partition coefficient (Wildman–Crippen LogP) is 13.5. The van der Waals surface area contributed by atoms with Gasteiger partial charge in [0.25, 0.3) is 0 Å². The van der Waals surface area contributed by atoms with Crippen molar-refractivity contribution in [2.24, 2.45) is 16.7 Å². The first kappa shape index (κ1) is 41.7. The second-order valence-electron chi connectivity index (χ2n) is 19.0. The number of hydrogen-bond donors (Lipinski definition) is 0. The minimum Gasteiger partial charge on any atom is -0.509 e. The molecule has 5 nitrogen and oxygen atoms in total. The summed E-state index contributed by atoms with van der Waals surface area (Å²) in [6, 6.07) is 28.7. The summed E-state index contributed by atoms with van der Waals surface area (Å²) < 4.78 is 11.1. The molecule has 3 aromatic carbocycles. The van der Waals surface area contributed by atoms with E-state index in [1.807, 2.05) is 12.3 Å². The summed E-state index contributed by atoms with van der Waals surface area (Å²) in [5, 5.41) is 7.57. The first-order chi connectivity index (χ1) is 26.0. The van der Waals surface area contributed by atoms with Gasteiger partial charge in [0.15, 0.2) is 0 Å². The first-order valence-corrected chi connectivity index (χ1v) is 20.4. The van der Waals surface area contributed by atoms with Crippen LogP contribution < -0.4 is 4.74 Å². The molecule has 6 aromatic rings. The normalized spacial score (nSPS) is 16.6. The van der Waals surface area contributed by atoms with Gasteiger partial charge in [0, 0.05) is 40.4 Å². The summed E-state index contributed by atoms with van der Waals surface area (Å²) in [6.45, 7) is 27.7. The number of para-hydroxylation sites is 1. The third kappa shape index (κ3) is 8.08. The van der Waals surface area contributed by atoms with Crippen molar-refractivity contribution in [3.8, 4) is 23.0 Å². The molecule has 6 heteroatoms. The molecular formula is C50H60N4OPt. The minimum absolute atomic E-state index is 0. The molecular weight excluding hydrogens is 868 g/mol. The van der Waals surface area contributed by atoms with E-state index in [2.05, 4.69) is 165 Å². The van der Waals surface area contributed by atoms with Gasteiger partial charge in [-0.15, -0.1) is 41.3 Å². The van der Waals surface area contributed by atoms with Crippen LogP contribution >= 0.6 is 0 Å². The Morgan fingerprint density at radius 3 is 2.29 bits per heavy atom. The Balaban J connectivity index is 0.00000532. The fourth-order valence-corrected chi connectivity index (χ4v) is 8.87. The molecule has 0 fully saturated rings. The molecule has 0 saturated carbocycles. The van der Waals surface area contributed by atoms with Gasteiger partial charge in [-0.1, -0.05) is 111 Å². The molecule has 0 amide bonds. The maximum absolute atomic E-state index is 6.77. The second kappa shape index (κ2) is 15.8. The van der Waals surface area contributed by atoms with Crippen molar-refractivity contribution in [2.45, 2.75) is 127 Å². The second-order valence-corrected chi connectivity index (χ2v) is 19.0. The molecule has 0 aliphatic heterocycles. The Hall–Kier alpha value is -3.95. The van der Waals surface area contributed by atoms with Gasteiger partial charge in [-0.2, -0.15) is 11.2 Å². The van der Waals surface area contributed by atoms with Crippen molar-refractivity contribution in [1.82, 2.24) is 19.3 Å². The minimum atomic E-state index is -0.127. The van der Waals surface area contributed by atoms with Gasteiger partial charge < -0.3 is 9.30 Å². The zero-order valence-electron chi connectivity index (χ0n) is 35.6. The first-order valence-electron chi connectivity index (χ1n) is 20.4. The van der Waals surface area contributed by atoms with E-state index >= 15 is 0 Å². The van der Waals surface area contributed by atoms with Crippen molar-refractivity contribution in [3.05, 3.63) is 119 Å². The largest absolute Gasteiger partial charge is 2.00 e. The summed E-state index contributed by atoms with van der Waals surface area (Å²) in [5.74, 6) is 3.00. The number of allylic oxidation sites excluding steroid dienone is 2. The average molecular weight is 928 g/mol. The molecule has 0 radical (unpaired) electrons. The Morgan fingerprint density at radius 2 is 1.59 bits per heavy atom. The van der Waals surface area contributed by atoms with Crippen LogP contribution in [0.5, 0.6) is 11.5 Å². The van der Waals surface area contributed by atoms with Crippen LogP contribution in [0.4, 0.5) is 0 Å². The van der Waals surface area contributed by atoms with Gasteiger partial charge >= 0.3 is 21.1 Å². The number of aryl methyl sites for hydroxylation is 2. The van der Waals surface area contributed by atoms with Gasteiger partial charge in [-0.05, 0) is 96.5 Å². The van der Waals surface area contributed by atoms with E-state index in [0.717, 1.165) is 64.9 Å². The molecule has 1 unspecified atom stereocenters. The molecule has 0 N–H and O–H groups in total. The Bertz CT molecular complexity index is 2390. The van der Waals surface area contributed by atoms with Gasteiger partial charge in [0.05, 0.1) is 5.69 Å². The van der Waals surface area contributed by atoms with E-state index in [1.54, 1.807) is 0 Å². The van der Waals surface area contributed by atoms with E-state index in [-0.39, 0.29) is 37.3 Å². The Labute approximate surface area is 350 Å². The zero-order valence-corrected chi connectivity index (χ0v) is 37.9. The molecule has 7 rings (SSSR count). The summed E-state index contributed by atoms with van der Waals surface area (Å²) in [6.07, 6.45) is 10.1. The summed E-state index contributed by atoms with van der Waals surface area (Å²) in [4.78, 5) is 4.86. The van der Waals surface area contributed by atoms with Crippen LogP contribution in [0.2, 0.25) is 0 Å². The van der Waals surface area contributed by atoms with E-state index in [9.17, 15) is 0 Å². The summed E-state index contributed by atoms with van der Waals surface area (Å²) >= 11 is 0. The van der Waals surface area contributed by atoms with Crippen LogP contribution in [0, 0.1) is 42.7 Å². The van der Waals surface area contributed by atoms with E-state index in [4.69, 9.17) is 14.8 Å². The average Bonchev–Trinajstić information content (AvgIpc) is 3.61. The van der Waals surface area contributed by atoms with E-state index < -0.39 is 0 Å². The van der Waals surface area contributed by atoms with Crippen LogP contribution in [0.1, 0.15) is 129 Å². The summed E-state index contributed by atoms with van der Waals surface area (Å²) in [5.41, 5.74) is 10.6.